The van der Waals surface area contributed by atoms with Crippen LogP contribution in [-0.4, -0.2) is 13.1 Å². The number of hydrogen-bond acceptors (Lipinski definition) is 1. The van der Waals surface area contributed by atoms with Crippen LogP contribution in [0.2, 0.25) is 0 Å². The topological polar surface area (TPSA) is 12.0 Å². The molecule has 0 heterocycles. The zero-order chi connectivity index (χ0) is 32.4. The van der Waals surface area contributed by atoms with Crippen molar-refractivity contribution in [3.8, 4) is 0 Å². The maximum atomic E-state index is 3.69. The van der Waals surface area contributed by atoms with Crippen LogP contribution in [0.1, 0.15) is 245 Å². The second-order valence-electron chi connectivity index (χ2n) is 14.5. The van der Waals surface area contributed by atoms with E-state index >= 15 is 0 Å². The minimum absolute atomic E-state index is 1.24. The van der Waals surface area contributed by atoms with Crippen molar-refractivity contribution in [2.24, 2.45) is 0 Å². The summed E-state index contributed by atoms with van der Waals surface area (Å²) in [5.74, 6) is 0. The van der Waals surface area contributed by atoms with Crippen molar-refractivity contribution >= 4 is 0 Å². The number of allylic oxidation sites excluding steroid dienone is 4. The fraction of sp³-hybridized carbons (Fsp3) is 0.909. The lowest BCUT2D eigenvalue weighted by Gasteiger charge is -2.06. The number of unbranched alkanes of at least 4 members (excludes halogenated alkanes) is 32. The fourth-order valence-corrected chi connectivity index (χ4v) is 6.53. The number of nitrogens with one attached hydrogen (secondary N) is 1. The minimum atomic E-state index is 1.24. The van der Waals surface area contributed by atoms with E-state index in [1.54, 1.807) is 0 Å². The molecule has 268 valence electrons. The van der Waals surface area contributed by atoms with Gasteiger partial charge in [-0.2, -0.15) is 0 Å². The van der Waals surface area contributed by atoms with Crippen molar-refractivity contribution in [2.75, 3.05) is 13.1 Å². The van der Waals surface area contributed by atoms with Crippen molar-refractivity contribution in [1.29, 1.82) is 0 Å². The molecule has 0 rings (SSSR count). The molecule has 45 heavy (non-hydrogen) atoms. The van der Waals surface area contributed by atoms with Gasteiger partial charge in [-0.05, 0) is 77.3 Å². The molecule has 0 bridgehead atoms. The lowest BCUT2D eigenvalue weighted by atomic mass is 10.1. The molecular weight excluding hydrogens is 542 g/mol. The Bertz CT molecular complexity index is 501. The molecular formula is C44H87N. The highest BCUT2D eigenvalue weighted by Crippen LogP contribution is 2.14. The Labute approximate surface area is 287 Å². The summed E-state index contributed by atoms with van der Waals surface area (Å²) in [4.78, 5) is 0. The first-order chi connectivity index (χ1) is 22.4. The largest absolute Gasteiger partial charge is 0.317 e. The minimum Gasteiger partial charge on any atom is -0.317 e. The molecule has 0 unspecified atom stereocenters. The average molecular weight is 630 g/mol. The highest BCUT2D eigenvalue weighted by molar-refractivity contribution is 4.82. The third-order valence-electron chi connectivity index (χ3n) is 9.73. The summed E-state index contributed by atoms with van der Waals surface area (Å²) in [5.41, 5.74) is 0. The first-order valence-electron chi connectivity index (χ1n) is 21.4. The Morgan fingerprint density at radius 1 is 0.244 bits per heavy atom. The molecule has 0 aliphatic heterocycles. The molecule has 0 aromatic rings. The Kier molecular flexibility index (Phi) is 42.9. The van der Waals surface area contributed by atoms with Gasteiger partial charge in [-0.1, -0.05) is 205 Å². The lowest BCUT2D eigenvalue weighted by molar-refractivity contribution is 0.524. The molecule has 0 aliphatic carbocycles. The summed E-state index contributed by atoms with van der Waals surface area (Å²) >= 11 is 0. The van der Waals surface area contributed by atoms with Crippen LogP contribution < -0.4 is 5.32 Å². The molecule has 0 aliphatic rings. The maximum Gasteiger partial charge on any atom is -0.00489 e. The quantitative estimate of drug-likeness (QED) is 0.0525. The third kappa shape index (κ3) is 43.4. The van der Waals surface area contributed by atoms with Crippen LogP contribution in [0, 0.1) is 0 Å². The molecule has 0 amide bonds. The fourth-order valence-electron chi connectivity index (χ4n) is 6.53. The summed E-state index contributed by atoms with van der Waals surface area (Å²) in [7, 11) is 0. The molecule has 0 atom stereocenters. The highest BCUT2D eigenvalue weighted by Gasteiger charge is 1.96. The van der Waals surface area contributed by atoms with E-state index < -0.39 is 0 Å². The van der Waals surface area contributed by atoms with E-state index in [1.807, 2.05) is 0 Å². The SMILES string of the molecule is CCCCCCCC/C=C\CCCCCCCCCCCCNCCCCCCCCCCCC/C=C\CCCCCCCC. The van der Waals surface area contributed by atoms with E-state index in [0.29, 0.717) is 0 Å². The second kappa shape index (κ2) is 43.4. The third-order valence-corrected chi connectivity index (χ3v) is 9.73. The van der Waals surface area contributed by atoms with Gasteiger partial charge >= 0.3 is 0 Å². The first kappa shape index (κ1) is 44.4. The van der Waals surface area contributed by atoms with Gasteiger partial charge in [-0.15, -0.1) is 0 Å². The van der Waals surface area contributed by atoms with Gasteiger partial charge in [0.15, 0.2) is 0 Å². The second-order valence-corrected chi connectivity index (χ2v) is 14.5. The summed E-state index contributed by atoms with van der Waals surface area (Å²) < 4.78 is 0. The van der Waals surface area contributed by atoms with Crippen LogP contribution in [0.5, 0.6) is 0 Å². The van der Waals surface area contributed by atoms with Crippen LogP contribution in [0.3, 0.4) is 0 Å². The smallest absolute Gasteiger partial charge is 0.00489 e. The van der Waals surface area contributed by atoms with Crippen LogP contribution in [0.25, 0.3) is 0 Å². The average Bonchev–Trinajstić information content (AvgIpc) is 3.05. The van der Waals surface area contributed by atoms with E-state index in [4.69, 9.17) is 0 Å². The van der Waals surface area contributed by atoms with Crippen molar-refractivity contribution < 1.29 is 0 Å². The molecule has 0 aromatic heterocycles. The molecule has 0 fully saturated rings. The number of hydrogen-bond donors (Lipinski definition) is 1. The van der Waals surface area contributed by atoms with Crippen LogP contribution in [0.15, 0.2) is 24.3 Å². The Morgan fingerprint density at radius 3 is 0.689 bits per heavy atom. The highest BCUT2D eigenvalue weighted by atomic mass is 14.8. The number of rotatable bonds is 40. The summed E-state index contributed by atoms with van der Waals surface area (Å²) in [6.07, 6.45) is 60.7. The molecule has 0 radical (unpaired) electrons. The molecule has 1 N–H and O–H groups in total. The Morgan fingerprint density at radius 2 is 0.444 bits per heavy atom. The van der Waals surface area contributed by atoms with Crippen LogP contribution in [-0.2, 0) is 0 Å². The van der Waals surface area contributed by atoms with Gasteiger partial charge in [0.2, 0.25) is 0 Å². The van der Waals surface area contributed by atoms with E-state index in [2.05, 4.69) is 43.5 Å². The van der Waals surface area contributed by atoms with E-state index in [1.165, 1.54) is 244 Å². The van der Waals surface area contributed by atoms with Crippen molar-refractivity contribution in [2.45, 2.75) is 245 Å². The van der Waals surface area contributed by atoms with Crippen molar-refractivity contribution in [3.05, 3.63) is 24.3 Å². The standard InChI is InChI=1S/C44H87N/c1-3-5-7-9-11-13-15-17-19-21-23-25-27-29-31-33-35-37-39-41-43-45-44-42-40-38-36-34-32-30-28-26-24-22-20-18-16-14-12-10-8-6-4-2/h17-20,45H,3-16,21-44H2,1-2H3/b19-17-,20-18-. The van der Waals surface area contributed by atoms with Gasteiger partial charge in [0.05, 0.1) is 0 Å². The van der Waals surface area contributed by atoms with Gasteiger partial charge < -0.3 is 5.32 Å². The van der Waals surface area contributed by atoms with E-state index in [-0.39, 0.29) is 0 Å². The van der Waals surface area contributed by atoms with Crippen molar-refractivity contribution in [1.82, 2.24) is 5.32 Å². The van der Waals surface area contributed by atoms with Gasteiger partial charge in [-0.3, -0.25) is 0 Å². The Hall–Kier alpha value is -0.560. The molecule has 0 spiro atoms. The van der Waals surface area contributed by atoms with Gasteiger partial charge in [-0.25, -0.2) is 0 Å². The maximum absolute atomic E-state index is 3.69. The molecule has 0 aromatic carbocycles. The Balaban J connectivity index is 3.09. The van der Waals surface area contributed by atoms with E-state index in [0.717, 1.165) is 0 Å². The van der Waals surface area contributed by atoms with E-state index in [9.17, 15) is 0 Å². The van der Waals surface area contributed by atoms with Gasteiger partial charge in [0.1, 0.15) is 0 Å². The molecule has 1 heteroatoms. The normalized spacial score (nSPS) is 12.0. The summed E-state index contributed by atoms with van der Waals surface area (Å²) in [5, 5.41) is 3.69. The summed E-state index contributed by atoms with van der Waals surface area (Å²) in [6, 6.07) is 0. The van der Waals surface area contributed by atoms with Gasteiger partial charge in [0, 0.05) is 0 Å². The monoisotopic (exact) mass is 630 g/mol. The molecule has 1 nitrogen and oxygen atoms in total. The van der Waals surface area contributed by atoms with Crippen LogP contribution >= 0.6 is 0 Å². The molecule has 0 saturated heterocycles. The van der Waals surface area contributed by atoms with Gasteiger partial charge in [0.25, 0.3) is 0 Å². The lowest BCUT2D eigenvalue weighted by Crippen LogP contribution is -2.16. The van der Waals surface area contributed by atoms with Crippen molar-refractivity contribution in [3.63, 3.8) is 0 Å². The van der Waals surface area contributed by atoms with Crippen LogP contribution in [0.4, 0.5) is 0 Å². The zero-order valence-electron chi connectivity index (χ0n) is 31.7. The zero-order valence-corrected chi connectivity index (χ0v) is 31.7. The summed E-state index contributed by atoms with van der Waals surface area (Å²) in [6.45, 7) is 7.07. The first-order valence-corrected chi connectivity index (χ1v) is 21.4. The predicted molar refractivity (Wildman–Crippen MR) is 209 cm³/mol. The predicted octanol–water partition coefficient (Wildman–Crippen LogP) is 15.8. The molecule has 0 saturated carbocycles.